The number of carbonyl (C=O) groups excluding carboxylic acids is 1. The van der Waals surface area contributed by atoms with Gasteiger partial charge in [-0.15, -0.1) is 10.2 Å². The Morgan fingerprint density at radius 3 is 2.65 bits per heavy atom. The number of nitrogens with zero attached hydrogens (tertiary/aromatic N) is 3. The number of rotatable bonds is 6. The van der Waals surface area contributed by atoms with Crippen LogP contribution in [0.3, 0.4) is 0 Å². The largest absolute Gasteiger partial charge is 0.493 e. The smallest absolute Gasteiger partial charge is 0.302 e. The number of aromatic nitrogens is 1. The number of benzene rings is 3. The van der Waals surface area contributed by atoms with Gasteiger partial charge in [0.1, 0.15) is 5.75 Å². The van der Waals surface area contributed by atoms with E-state index in [1.54, 1.807) is 16.7 Å². The number of fused-ring (bicyclic) bond motifs is 1. The zero-order valence-electron chi connectivity index (χ0n) is 16.8. The third kappa shape index (κ3) is 4.59. The molecule has 1 amide bonds. The van der Waals surface area contributed by atoms with Gasteiger partial charge in [-0.1, -0.05) is 60.1 Å². The highest BCUT2D eigenvalue weighted by Crippen LogP contribution is 2.39. The van der Waals surface area contributed by atoms with Crippen LogP contribution in [0.4, 0.5) is 5.69 Å². The Bertz CT molecular complexity index is 1280. The van der Waals surface area contributed by atoms with Crippen molar-refractivity contribution in [1.82, 2.24) is 4.57 Å². The fraction of sp³-hybridized carbons (Fsp3) is 0.125. The fourth-order valence-corrected chi connectivity index (χ4v) is 3.51. The number of aromatic hydroxyl groups is 1. The van der Waals surface area contributed by atoms with Crippen LogP contribution in [0.5, 0.6) is 11.6 Å². The van der Waals surface area contributed by atoms with Crippen molar-refractivity contribution in [3.8, 4) is 11.6 Å². The Labute approximate surface area is 184 Å². The molecule has 0 atom stereocenters. The monoisotopic (exact) mass is 433 g/mol. The fourth-order valence-electron chi connectivity index (χ4n) is 3.31. The summed E-state index contributed by atoms with van der Waals surface area (Å²) in [6.07, 6.45) is 0. The van der Waals surface area contributed by atoms with E-state index in [9.17, 15) is 9.90 Å². The highest BCUT2D eigenvalue weighted by molar-refractivity contribution is 6.31. The maximum Gasteiger partial charge on any atom is 0.302 e. The van der Waals surface area contributed by atoms with Crippen molar-refractivity contribution in [1.29, 1.82) is 0 Å². The SMILES string of the molecule is Cc1cccc(OCC(=O)N=Nc2c(O)n(Cc3ccccc3Cl)c3ccccc23)c1. The van der Waals surface area contributed by atoms with Crippen LogP contribution in [0.15, 0.2) is 83.0 Å². The highest BCUT2D eigenvalue weighted by Gasteiger charge is 2.17. The van der Waals surface area contributed by atoms with E-state index in [2.05, 4.69) is 10.2 Å². The van der Waals surface area contributed by atoms with Gasteiger partial charge in [-0.05, 0) is 42.3 Å². The Morgan fingerprint density at radius 1 is 1.06 bits per heavy atom. The second-order valence-corrected chi connectivity index (χ2v) is 7.47. The number of ether oxygens (including phenoxy) is 1. The van der Waals surface area contributed by atoms with Crippen molar-refractivity contribution in [2.45, 2.75) is 13.5 Å². The molecule has 0 fully saturated rings. The number of halogens is 1. The predicted octanol–water partition coefficient (Wildman–Crippen LogP) is 6.05. The van der Waals surface area contributed by atoms with Gasteiger partial charge in [0.05, 0.1) is 12.1 Å². The first-order valence-electron chi connectivity index (χ1n) is 9.70. The molecule has 0 saturated heterocycles. The van der Waals surface area contributed by atoms with Crippen molar-refractivity contribution in [3.63, 3.8) is 0 Å². The molecule has 31 heavy (non-hydrogen) atoms. The van der Waals surface area contributed by atoms with Gasteiger partial charge < -0.3 is 14.4 Å². The van der Waals surface area contributed by atoms with Crippen LogP contribution >= 0.6 is 11.6 Å². The Kier molecular flexibility index (Phi) is 6.00. The lowest BCUT2D eigenvalue weighted by molar-refractivity contribution is -0.120. The van der Waals surface area contributed by atoms with Gasteiger partial charge in [0, 0.05) is 10.4 Å². The highest BCUT2D eigenvalue weighted by atomic mass is 35.5. The van der Waals surface area contributed by atoms with Gasteiger partial charge in [0.2, 0.25) is 5.88 Å². The Morgan fingerprint density at radius 2 is 1.84 bits per heavy atom. The maximum atomic E-state index is 12.2. The molecule has 4 rings (SSSR count). The average Bonchev–Trinajstić information content (AvgIpc) is 3.03. The second kappa shape index (κ2) is 9.02. The normalized spacial score (nSPS) is 11.3. The van der Waals surface area contributed by atoms with Gasteiger partial charge in [0.15, 0.2) is 12.3 Å². The molecule has 1 N–H and O–H groups in total. The lowest BCUT2D eigenvalue weighted by Crippen LogP contribution is -2.07. The van der Waals surface area contributed by atoms with Crippen LogP contribution in [0.25, 0.3) is 10.9 Å². The second-order valence-electron chi connectivity index (χ2n) is 7.07. The minimum Gasteiger partial charge on any atom is -0.493 e. The lowest BCUT2D eigenvalue weighted by Gasteiger charge is -2.08. The summed E-state index contributed by atoms with van der Waals surface area (Å²) in [6, 6.07) is 22.2. The molecule has 0 unspecified atom stereocenters. The molecule has 0 saturated carbocycles. The van der Waals surface area contributed by atoms with Gasteiger partial charge in [-0.2, -0.15) is 0 Å². The minimum atomic E-state index is -0.552. The number of hydrogen-bond donors (Lipinski definition) is 1. The van der Waals surface area contributed by atoms with E-state index in [0.29, 0.717) is 22.7 Å². The molecule has 156 valence electrons. The number of azo groups is 1. The topological polar surface area (TPSA) is 76.2 Å². The molecule has 3 aromatic carbocycles. The van der Waals surface area contributed by atoms with E-state index in [0.717, 1.165) is 16.6 Å². The molecular formula is C24H20ClN3O3. The molecule has 0 radical (unpaired) electrons. The summed E-state index contributed by atoms with van der Waals surface area (Å²) in [5.41, 5.74) is 2.87. The first-order chi connectivity index (χ1) is 15.0. The molecule has 7 heteroatoms. The quantitative estimate of drug-likeness (QED) is 0.376. The molecule has 0 aliphatic carbocycles. The van der Waals surface area contributed by atoms with E-state index < -0.39 is 5.91 Å². The van der Waals surface area contributed by atoms with E-state index in [4.69, 9.17) is 16.3 Å². The third-order valence-corrected chi connectivity index (χ3v) is 5.19. The zero-order chi connectivity index (χ0) is 21.8. The van der Waals surface area contributed by atoms with E-state index in [1.807, 2.05) is 67.6 Å². The number of aryl methyl sites for hydroxylation is 1. The predicted molar refractivity (Wildman–Crippen MR) is 120 cm³/mol. The van der Waals surface area contributed by atoms with Crippen molar-refractivity contribution in [2.75, 3.05) is 6.61 Å². The standard InChI is InChI=1S/C24H20ClN3O3/c1-16-7-6-9-18(13-16)31-15-22(29)26-27-23-19-10-3-5-12-21(19)28(24(23)30)14-17-8-2-4-11-20(17)25/h2-13,30H,14-15H2,1H3. The first kappa shape index (κ1) is 20.6. The van der Waals surface area contributed by atoms with Crippen molar-refractivity contribution < 1.29 is 14.6 Å². The molecule has 6 nitrogen and oxygen atoms in total. The number of hydrogen-bond acceptors (Lipinski definition) is 4. The van der Waals surface area contributed by atoms with Gasteiger partial charge in [-0.25, -0.2) is 0 Å². The number of carbonyl (C=O) groups is 1. The van der Waals surface area contributed by atoms with Crippen LogP contribution in [-0.2, 0) is 11.3 Å². The molecule has 4 aromatic rings. The molecule has 0 spiro atoms. The third-order valence-electron chi connectivity index (χ3n) is 4.82. The van der Waals surface area contributed by atoms with Gasteiger partial charge in [0.25, 0.3) is 0 Å². The lowest BCUT2D eigenvalue weighted by atomic mass is 10.2. The molecule has 1 aromatic heterocycles. The van der Waals surface area contributed by atoms with Crippen LogP contribution in [-0.4, -0.2) is 22.2 Å². The minimum absolute atomic E-state index is 0.0859. The van der Waals surface area contributed by atoms with Crippen LogP contribution in [0.1, 0.15) is 11.1 Å². The molecule has 0 aliphatic rings. The molecular weight excluding hydrogens is 414 g/mol. The Balaban J connectivity index is 1.58. The van der Waals surface area contributed by atoms with E-state index in [-0.39, 0.29) is 18.2 Å². The maximum absolute atomic E-state index is 12.2. The van der Waals surface area contributed by atoms with E-state index in [1.165, 1.54) is 0 Å². The summed E-state index contributed by atoms with van der Waals surface area (Å²) in [5.74, 6) is -0.0520. The summed E-state index contributed by atoms with van der Waals surface area (Å²) in [6.45, 7) is 2.05. The average molecular weight is 434 g/mol. The number of para-hydroxylation sites is 1. The Hall–Kier alpha value is -3.64. The van der Waals surface area contributed by atoms with Crippen LogP contribution in [0.2, 0.25) is 5.02 Å². The summed E-state index contributed by atoms with van der Waals surface area (Å²) < 4.78 is 7.16. The summed E-state index contributed by atoms with van der Waals surface area (Å²) in [5, 5.41) is 19.9. The van der Waals surface area contributed by atoms with Gasteiger partial charge >= 0.3 is 5.91 Å². The first-order valence-corrected chi connectivity index (χ1v) is 10.1. The molecule has 1 heterocycles. The molecule has 0 bridgehead atoms. The van der Waals surface area contributed by atoms with Gasteiger partial charge in [-0.3, -0.25) is 4.79 Å². The van der Waals surface area contributed by atoms with Crippen LogP contribution < -0.4 is 4.74 Å². The summed E-state index contributed by atoms with van der Waals surface area (Å²) in [7, 11) is 0. The number of amides is 1. The van der Waals surface area contributed by atoms with Crippen molar-refractivity contribution in [2.24, 2.45) is 10.2 Å². The zero-order valence-corrected chi connectivity index (χ0v) is 17.6. The van der Waals surface area contributed by atoms with Crippen LogP contribution in [0, 0.1) is 6.92 Å². The summed E-state index contributed by atoms with van der Waals surface area (Å²) >= 11 is 6.29. The summed E-state index contributed by atoms with van der Waals surface area (Å²) in [4.78, 5) is 12.2. The van der Waals surface area contributed by atoms with E-state index >= 15 is 0 Å². The van der Waals surface area contributed by atoms with Crippen molar-refractivity contribution in [3.05, 3.63) is 88.9 Å². The molecule has 0 aliphatic heterocycles. The van der Waals surface area contributed by atoms with Crippen molar-refractivity contribution >= 4 is 34.1 Å².